The van der Waals surface area contributed by atoms with Gasteiger partial charge in [-0.05, 0) is 25.5 Å². The van der Waals surface area contributed by atoms with Gasteiger partial charge in [0, 0.05) is 50.9 Å². The van der Waals surface area contributed by atoms with Gasteiger partial charge in [0.2, 0.25) is 11.9 Å². The summed E-state index contributed by atoms with van der Waals surface area (Å²) in [6.45, 7) is 2.09. The summed E-state index contributed by atoms with van der Waals surface area (Å²) < 4.78 is 53.0. The van der Waals surface area contributed by atoms with Gasteiger partial charge in [0.25, 0.3) is 5.91 Å². The number of hydrogen-bond acceptors (Lipinski definition) is 8. The van der Waals surface area contributed by atoms with E-state index >= 15 is 8.78 Å². The highest BCUT2D eigenvalue weighted by Crippen LogP contribution is 2.32. The highest BCUT2D eigenvalue weighted by molar-refractivity contribution is 5.97. The summed E-state index contributed by atoms with van der Waals surface area (Å²) in [6.07, 6.45) is -0.0827. The van der Waals surface area contributed by atoms with Gasteiger partial charge in [-0.15, -0.1) is 0 Å². The first-order chi connectivity index (χ1) is 19.1. The molecule has 0 radical (unpaired) electrons. The van der Waals surface area contributed by atoms with Crippen LogP contribution in [0.4, 0.5) is 29.3 Å². The summed E-state index contributed by atoms with van der Waals surface area (Å²) in [5.41, 5.74) is -0.200. The third-order valence-electron chi connectivity index (χ3n) is 6.70. The van der Waals surface area contributed by atoms with Crippen molar-refractivity contribution < 1.29 is 41.8 Å². The van der Waals surface area contributed by atoms with Crippen LogP contribution in [-0.4, -0.2) is 85.7 Å². The average molecular weight is 564 g/mol. The molecule has 0 saturated carbocycles. The number of anilines is 2. The zero-order valence-corrected chi connectivity index (χ0v) is 21.9. The van der Waals surface area contributed by atoms with Crippen molar-refractivity contribution in [2.24, 2.45) is 0 Å². The molecule has 0 aliphatic carbocycles. The number of carbonyl (C=O) groups is 4. The van der Waals surface area contributed by atoms with Crippen molar-refractivity contribution >= 4 is 35.3 Å². The van der Waals surface area contributed by atoms with Crippen molar-refractivity contribution in [3.63, 3.8) is 0 Å². The normalized spacial score (nSPS) is 17.9. The fourth-order valence-corrected chi connectivity index (χ4v) is 4.55. The number of piperazine rings is 1. The number of nitrogens with zero attached hydrogens (tertiary/aromatic N) is 4. The van der Waals surface area contributed by atoms with Crippen LogP contribution in [0.5, 0.6) is 0 Å². The number of rotatable bonds is 8. The number of nitrogens with one attached hydrogen (secondary N) is 1. The van der Waals surface area contributed by atoms with Crippen LogP contribution < -0.4 is 15.1 Å². The maximum Gasteiger partial charge on any atom is 0.414 e. The maximum absolute atomic E-state index is 15.1. The van der Waals surface area contributed by atoms with Gasteiger partial charge in [0.15, 0.2) is 11.6 Å². The van der Waals surface area contributed by atoms with Gasteiger partial charge in [-0.1, -0.05) is 0 Å². The van der Waals surface area contributed by atoms with Crippen LogP contribution in [0, 0.1) is 17.6 Å². The van der Waals surface area contributed by atoms with E-state index < -0.39 is 47.7 Å². The number of halogens is 3. The molecule has 40 heavy (non-hydrogen) atoms. The largest absolute Gasteiger partial charge is 0.469 e. The van der Waals surface area contributed by atoms with E-state index in [0.717, 1.165) is 29.3 Å². The highest BCUT2D eigenvalue weighted by atomic mass is 19.1. The van der Waals surface area contributed by atoms with Crippen LogP contribution in [-0.2, 0) is 19.1 Å². The Labute approximate surface area is 227 Å². The fraction of sp³-hybridized carbons (Fsp3) is 0.423. The van der Waals surface area contributed by atoms with Gasteiger partial charge in [0.1, 0.15) is 17.8 Å². The predicted octanol–water partition coefficient (Wildman–Crippen LogP) is 2.24. The Morgan fingerprint density at radius 1 is 1.12 bits per heavy atom. The average Bonchev–Trinajstić information content (AvgIpc) is 3.31. The fourth-order valence-electron chi connectivity index (χ4n) is 4.55. The number of amides is 3. The van der Waals surface area contributed by atoms with Crippen LogP contribution in [0.25, 0.3) is 0 Å². The first-order valence-corrected chi connectivity index (χ1v) is 12.6. The van der Waals surface area contributed by atoms with E-state index in [0.29, 0.717) is 0 Å². The van der Waals surface area contributed by atoms with Gasteiger partial charge in [0.05, 0.1) is 24.9 Å². The number of aromatic nitrogens is 1. The molecule has 2 aliphatic rings. The summed E-state index contributed by atoms with van der Waals surface area (Å²) in [6, 6.07) is 3.47. The Hall–Kier alpha value is -4.36. The Bertz CT molecular complexity index is 1260. The standard InChI is InChI=1S/C26H28F3N5O6/c1-15(31-24(36)16-3-5-21(29)30-13-16)25(37)33-9-7-32(8-10-33)23-19(27)11-17(12-20(23)28)34-14-18(40-26(34)38)4-6-22(35)39-2/h3,5,11-13,15,18H,4,6-10,14H2,1-2H3,(H,31,36)/t15-,18-/m0/s1. The van der Waals surface area contributed by atoms with E-state index in [4.69, 9.17) is 4.74 Å². The number of hydrogen-bond donors (Lipinski definition) is 1. The first kappa shape index (κ1) is 28.6. The number of methoxy groups -OCH3 is 1. The van der Waals surface area contributed by atoms with Crippen molar-refractivity contribution in [1.82, 2.24) is 15.2 Å². The minimum Gasteiger partial charge on any atom is -0.469 e. The minimum absolute atomic E-state index is 0.0148. The predicted molar refractivity (Wildman–Crippen MR) is 135 cm³/mol. The Balaban J connectivity index is 1.34. The van der Waals surface area contributed by atoms with Gasteiger partial charge in [-0.25, -0.2) is 18.6 Å². The molecule has 0 spiro atoms. The number of cyclic esters (lactones) is 1. The van der Waals surface area contributed by atoms with Crippen LogP contribution in [0.3, 0.4) is 0 Å². The molecule has 1 N–H and O–H groups in total. The summed E-state index contributed by atoms with van der Waals surface area (Å²) in [5, 5.41) is 2.54. The quantitative estimate of drug-likeness (QED) is 0.384. The van der Waals surface area contributed by atoms with E-state index in [1.54, 1.807) is 0 Å². The molecule has 3 amide bonds. The Morgan fingerprint density at radius 2 is 1.80 bits per heavy atom. The third kappa shape index (κ3) is 6.43. The number of ether oxygens (including phenoxy) is 2. The Morgan fingerprint density at radius 3 is 2.40 bits per heavy atom. The number of pyridine rings is 1. The first-order valence-electron chi connectivity index (χ1n) is 12.6. The van der Waals surface area contributed by atoms with E-state index in [9.17, 15) is 23.6 Å². The number of carbonyl (C=O) groups excluding carboxylic acids is 4. The zero-order chi connectivity index (χ0) is 29.0. The molecule has 214 valence electrons. The molecule has 2 fully saturated rings. The lowest BCUT2D eigenvalue weighted by molar-refractivity contribution is -0.141. The summed E-state index contributed by atoms with van der Waals surface area (Å²) >= 11 is 0. The monoisotopic (exact) mass is 563 g/mol. The number of benzene rings is 1. The third-order valence-corrected chi connectivity index (χ3v) is 6.70. The molecule has 2 aromatic rings. The molecule has 14 heteroatoms. The summed E-state index contributed by atoms with van der Waals surface area (Å²) in [5.74, 6) is -3.93. The maximum atomic E-state index is 15.1. The van der Waals surface area contributed by atoms with Crippen LogP contribution in [0.2, 0.25) is 0 Å². The van der Waals surface area contributed by atoms with Crippen molar-refractivity contribution in [2.45, 2.75) is 31.9 Å². The van der Waals surface area contributed by atoms with Crippen LogP contribution in [0.1, 0.15) is 30.1 Å². The van der Waals surface area contributed by atoms with Crippen LogP contribution >= 0.6 is 0 Å². The lowest BCUT2D eigenvalue weighted by Gasteiger charge is -2.37. The Kier molecular flexibility index (Phi) is 8.75. The van der Waals surface area contributed by atoms with Crippen LogP contribution in [0.15, 0.2) is 30.5 Å². The van der Waals surface area contributed by atoms with Crippen molar-refractivity contribution in [1.29, 1.82) is 0 Å². The molecule has 2 saturated heterocycles. The molecule has 0 unspecified atom stereocenters. The summed E-state index contributed by atoms with van der Waals surface area (Å²) in [7, 11) is 1.25. The second kappa shape index (κ2) is 12.2. The highest BCUT2D eigenvalue weighted by Gasteiger charge is 2.34. The van der Waals surface area contributed by atoms with E-state index in [2.05, 4.69) is 15.0 Å². The molecule has 0 bridgehead atoms. The second-order valence-electron chi connectivity index (χ2n) is 9.37. The lowest BCUT2D eigenvalue weighted by Crippen LogP contribution is -2.54. The van der Waals surface area contributed by atoms with E-state index in [1.807, 2.05) is 0 Å². The van der Waals surface area contributed by atoms with Gasteiger partial charge in [-0.2, -0.15) is 4.39 Å². The molecule has 1 aromatic heterocycles. The number of esters is 1. The van der Waals surface area contributed by atoms with Crippen molar-refractivity contribution in [3.05, 3.63) is 53.6 Å². The molecule has 3 heterocycles. The molecule has 2 aliphatic heterocycles. The van der Waals surface area contributed by atoms with E-state index in [-0.39, 0.29) is 68.4 Å². The summed E-state index contributed by atoms with van der Waals surface area (Å²) in [4.78, 5) is 56.2. The van der Waals surface area contributed by atoms with Crippen molar-refractivity contribution in [2.75, 3.05) is 49.6 Å². The molecule has 2 atom stereocenters. The molecule has 1 aromatic carbocycles. The van der Waals surface area contributed by atoms with Gasteiger partial charge in [-0.3, -0.25) is 19.3 Å². The molecule has 11 nitrogen and oxygen atoms in total. The lowest BCUT2D eigenvalue weighted by atomic mass is 10.1. The second-order valence-corrected chi connectivity index (χ2v) is 9.37. The zero-order valence-electron chi connectivity index (χ0n) is 21.9. The van der Waals surface area contributed by atoms with Gasteiger partial charge < -0.3 is 24.6 Å². The minimum atomic E-state index is -0.895. The SMILES string of the molecule is COC(=O)CC[C@H]1CN(c2cc(F)c(N3CCN(C(=O)[C@H](C)NC(=O)c4ccc(F)nc4)CC3)c(F)c2)C(=O)O1. The molecule has 4 rings (SSSR count). The topological polar surface area (TPSA) is 121 Å². The van der Waals surface area contributed by atoms with E-state index in [1.165, 1.54) is 29.9 Å². The van der Waals surface area contributed by atoms with Crippen molar-refractivity contribution in [3.8, 4) is 0 Å². The smallest absolute Gasteiger partial charge is 0.414 e. The molecular formula is C26H28F3N5O6. The molecular weight excluding hydrogens is 535 g/mol. The van der Waals surface area contributed by atoms with Gasteiger partial charge >= 0.3 is 12.1 Å².